The molecular formula is C20H31N3O2. The molecule has 1 amide bonds. The zero-order valence-electron chi connectivity index (χ0n) is 15.4. The molecule has 0 radical (unpaired) electrons. The molecule has 5 heteroatoms. The lowest BCUT2D eigenvalue weighted by molar-refractivity contribution is -0.138. The molecule has 1 aromatic heterocycles. The molecule has 0 unspecified atom stereocenters. The van der Waals surface area contributed by atoms with Crippen LogP contribution in [0.25, 0.3) is 0 Å². The summed E-state index contributed by atoms with van der Waals surface area (Å²) in [6, 6.07) is 3.67. The van der Waals surface area contributed by atoms with Gasteiger partial charge < -0.3 is 9.64 Å². The van der Waals surface area contributed by atoms with Crippen molar-refractivity contribution in [1.82, 2.24) is 15.1 Å². The van der Waals surface area contributed by atoms with E-state index in [1.165, 1.54) is 32.1 Å². The third-order valence-corrected chi connectivity index (χ3v) is 5.75. The fourth-order valence-electron chi connectivity index (χ4n) is 4.16. The number of piperidine rings is 1. The van der Waals surface area contributed by atoms with Crippen molar-refractivity contribution in [3.63, 3.8) is 0 Å². The van der Waals surface area contributed by atoms with Gasteiger partial charge in [0.1, 0.15) is 6.10 Å². The lowest BCUT2D eigenvalue weighted by Gasteiger charge is -2.36. The predicted octanol–water partition coefficient (Wildman–Crippen LogP) is 3.84. The first-order chi connectivity index (χ1) is 12.3. The molecule has 0 N–H and O–H groups in total. The van der Waals surface area contributed by atoms with Gasteiger partial charge in [0.15, 0.2) is 0 Å². The highest BCUT2D eigenvalue weighted by Crippen LogP contribution is 2.33. The Balaban J connectivity index is 1.40. The first-order valence-electron chi connectivity index (χ1n) is 9.99. The van der Waals surface area contributed by atoms with Crippen LogP contribution in [0.5, 0.6) is 5.88 Å². The monoisotopic (exact) mass is 345 g/mol. The van der Waals surface area contributed by atoms with Gasteiger partial charge in [-0.2, -0.15) is 5.10 Å². The third kappa shape index (κ3) is 5.16. The van der Waals surface area contributed by atoms with E-state index in [4.69, 9.17) is 4.74 Å². The molecule has 0 bridgehead atoms. The molecule has 2 heterocycles. The summed E-state index contributed by atoms with van der Waals surface area (Å²) in [5.74, 6) is 2.08. The van der Waals surface area contributed by atoms with Crippen LogP contribution in [-0.2, 0) is 4.79 Å². The van der Waals surface area contributed by atoms with Gasteiger partial charge in [-0.05, 0) is 37.7 Å². The van der Waals surface area contributed by atoms with Gasteiger partial charge in [-0.15, -0.1) is 5.10 Å². The van der Waals surface area contributed by atoms with Crippen molar-refractivity contribution in [2.45, 2.75) is 70.8 Å². The van der Waals surface area contributed by atoms with Crippen molar-refractivity contribution in [2.75, 3.05) is 13.1 Å². The Hall–Kier alpha value is -1.65. The zero-order chi connectivity index (χ0) is 17.5. The largest absolute Gasteiger partial charge is 0.473 e. The van der Waals surface area contributed by atoms with Crippen molar-refractivity contribution in [3.05, 3.63) is 18.3 Å². The fraction of sp³-hybridized carbons (Fsp3) is 0.750. The molecule has 1 aliphatic carbocycles. The number of carbonyl (C=O) groups excluding carboxylic acids is 1. The van der Waals surface area contributed by atoms with Crippen molar-refractivity contribution in [3.8, 4) is 5.88 Å². The van der Waals surface area contributed by atoms with Gasteiger partial charge in [0, 0.05) is 44.1 Å². The van der Waals surface area contributed by atoms with Crippen LogP contribution in [0.15, 0.2) is 18.3 Å². The van der Waals surface area contributed by atoms with Gasteiger partial charge in [-0.1, -0.05) is 26.2 Å². The maximum Gasteiger partial charge on any atom is 0.233 e. The first kappa shape index (κ1) is 18.2. The van der Waals surface area contributed by atoms with Gasteiger partial charge >= 0.3 is 0 Å². The molecule has 1 saturated carbocycles. The molecule has 25 heavy (non-hydrogen) atoms. The lowest BCUT2D eigenvalue weighted by Crippen LogP contribution is -2.45. The standard InChI is InChI=1S/C20H31N3O2/c1-2-3-5-16-7-9-17(10-8-16)20(24)23-14-11-18(12-15-23)25-19-6-4-13-21-22-19/h4,6,13,16-18H,2-3,5,7-12,14-15H2,1H3. The Kier molecular flexibility index (Phi) is 6.65. The van der Waals surface area contributed by atoms with Crippen LogP contribution in [0, 0.1) is 11.8 Å². The first-order valence-corrected chi connectivity index (χ1v) is 9.99. The Morgan fingerprint density at radius 3 is 2.60 bits per heavy atom. The molecule has 1 saturated heterocycles. The Morgan fingerprint density at radius 2 is 1.96 bits per heavy atom. The van der Waals surface area contributed by atoms with E-state index in [9.17, 15) is 4.79 Å². The van der Waals surface area contributed by atoms with E-state index < -0.39 is 0 Å². The van der Waals surface area contributed by atoms with Gasteiger partial charge in [-0.25, -0.2) is 0 Å². The second-order valence-electron chi connectivity index (χ2n) is 7.56. The van der Waals surface area contributed by atoms with E-state index in [0.717, 1.165) is 44.7 Å². The molecule has 2 fully saturated rings. The number of unbranched alkanes of at least 4 members (excludes halogenated alkanes) is 1. The molecule has 0 spiro atoms. The second kappa shape index (κ2) is 9.16. The van der Waals surface area contributed by atoms with Gasteiger partial charge in [-0.3, -0.25) is 4.79 Å². The smallest absolute Gasteiger partial charge is 0.233 e. The second-order valence-corrected chi connectivity index (χ2v) is 7.56. The number of hydrogen-bond donors (Lipinski definition) is 0. The SMILES string of the molecule is CCCCC1CCC(C(=O)N2CCC(Oc3cccnn3)CC2)CC1. The highest BCUT2D eigenvalue weighted by Gasteiger charge is 2.31. The topological polar surface area (TPSA) is 55.3 Å². The van der Waals surface area contributed by atoms with Crippen molar-refractivity contribution in [2.24, 2.45) is 11.8 Å². The molecule has 1 aliphatic heterocycles. The minimum Gasteiger partial charge on any atom is -0.473 e. The van der Waals surface area contributed by atoms with Crippen LogP contribution in [0.1, 0.15) is 64.7 Å². The molecule has 0 atom stereocenters. The van der Waals surface area contributed by atoms with E-state index in [0.29, 0.717) is 11.8 Å². The van der Waals surface area contributed by atoms with Crippen molar-refractivity contribution >= 4 is 5.91 Å². The molecular weight excluding hydrogens is 314 g/mol. The number of hydrogen-bond acceptors (Lipinski definition) is 4. The van der Waals surface area contributed by atoms with Crippen LogP contribution in [-0.4, -0.2) is 40.2 Å². The third-order valence-electron chi connectivity index (χ3n) is 5.75. The Bertz CT molecular complexity index is 521. The van der Waals surface area contributed by atoms with Crippen molar-refractivity contribution in [1.29, 1.82) is 0 Å². The van der Waals surface area contributed by atoms with E-state index in [1.54, 1.807) is 6.20 Å². The highest BCUT2D eigenvalue weighted by atomic mass is 16.5. The van der Waals surface area contributed by atoms with E-state index >= 15 is 0 Å². The highest BCUT2D eigenvalue weighted by molar-refractivity contribution is 5.79. The summed E-state index contributed by atoms with van der Waals surface area (Å²) in [6.07, 6.45) is 12.2. The quantitative estimate of drug-likeness (QED) is 0.786. The summed E-state index contributed by atoms with van der Waals surface area (Å²) >= 11 is 0. The van der Waals surface area contributed by atoms with Gasteiger partial charge in [0.2, 0.25) is 11.8 Å². The summed E-state index contributed by atoms with van der Waals surface area (Å²) in [7, 11) is 0. The van der Waals surface area contributed by atoms with E-state index in [-0.39, 0.29) is 12.0 Å². The average Bonchev–Trinajstić information content (AvgIpc) is 2.68. The number of likely N-dealkylation sites (tertiary alicyclic amines) is 1. The van der Waals surface area contributed by atoms with E-state index in [2.05, 4.69) is 22.0 Å². The molecule has 5 nitrogen and oxygen atoms in total. The Morgan fingerprint density at radius 1 is 1.20 bits per heavy atom. The predicted molar refractivity (Wildman–Crippen MR) is 97.2 cm³/mol. The number of amides is 1. The van der Waals surface area contributed by atoms with Crippen LogP contribution in [0.3, 0.4) is 0 Å². The summed E-state index contributed by atoms with van der Waals surface area (Å²) in [4.78, 5) is 14.9. The lowest BCUT2D eigenvalue weighted by atomic mass is 9.79. The van der Waals surface area contributed by atoms with Gasteiger partial charge in [0.25, 0.3) is 0 Å². The van der Waals surface area contributed by atoms with Crippen LogP contribution >= 0.6 is 0 Å². The summed E-state index contributed by atoms with van der Waals surface area (Å²) in [6.45, 7) is 3.87. The summed E-state index contributed by atoms with van der Waals surface area (Å²) < 4.78 is 5.87. The molecule has 0 aromatic carbocycles. The minimum atomic E-state index is 0.144. The number of aromatic nitrogens is 2. The number of rotatable bonds is 6. The minimum absolute atomic E-state index is 0.144. The van der Waals surface area contributed by atoms with Crippen LogP contribution in [0.2, 0.25) is 0 Å². The normalized spacial score (nSPS) is 24.9. The van der Waals surface area contributed by atoms with Crippen LogP contribution in [0.4, 0.5) is 0 Å². The molecule has 3 rings (SSSR count). The van der Waals surface area contributed by atoms with Gasteiger partial charge in [0.05, 0.1) is 0 Å². The maximum atomic E-state index is 12.8. The zero-order valence-corrected chi connectivity index (χ0v) is 15.4. The molecule has 138 valence electrons. The van der Waals surface area contributed by atoms with Crippen LogP contribution < -0.4 is 4.74 Å². The Labute approximate surface area is 151 Å². The summed E-state index contributed by atoms with van der Waals surface area (Å²) in [5, 5.41) is 7.82. The summed E-state index contributed by atoms with van der Waals surface area (Å²) in [5.41, 5.74) is 0. The van der Waals surface area contributed by atoms with Crippen molar-refractivity contribution < 1.29 is 9.53 Å². The van der Waals surface area contributed by atoms with E-state index in [1.807, 2.05) is 12.1 Å². The maximum absolute atomic E-state index is 12.8. The number of nitrogens with zero attached hydrogens (tertiary/aromatic N) is 3. The number of ether oxygens (including phenoxy) is 1. The fourth-order valence-corrected chi connectivity index (χ4v) is 4.16. The number of carbonyl (C=O) groups is 1. The molecule has 2 aliphatic rings. The average molecular weight is 345 g/mol. The molecule has 1 aromatic rings.